The first kappa shape index (κ1) is 16.6. The quantitative estimate of drug-likeness (QED) is 0.722. The average Bonchev–Trinajstić information content (AvgIpc) is 3.01. The van der Waals surface area contributed by atoms with Crippen molar-refractivity contribution < 1.29 is 14.3 Å². The Balaban J connectivity index is 1.66. The standard InChI is InChI=1S/C17H26N2O3/c1-21-14-6-8-15(9-7-14)22-12-4-5-16(20)19-17(13-18)10-2-3-11-17/h6-9H,2-5,10-13,18H2,1H3,(H,19,20). The van der Waals surface area contributed by atoms with Crippen molar-refractivity contribution in [3.63, 3.8) is 0 Å². The maximum atomic E-state index is 12.0. The van der Waals surface area contributed by atoms with Crippen LogP contribution in [0.3, 0.4) is 0 Å². The van der Waals surface area contributed by atoms with Crippen molar-refractivity contribution in [2.75, 3.05) is 20.3 Å². The molecule has 0 heterocycles. The molecule has 1 fully saturated rings. The number of amides is 1. The Labute approximate surface area is 132 Å². The summed E-state index contributed by atoms with van der Waals surface area (Å²) in [6, 6.07) is 7.43. The predicted octanol–water partition coefficient (Wildman–Crippen LogP) is 2.24. The molecule has 0 spiro atoms. The molecular weight excluding hydrogens is 280 g/mol. The average molecular weight is 306 g/mol. The molecule has 1 amide bonds. The lowest BCUT2D eigenvalue weighted by Gasteiger charge is -2.28. The Hall–Kier alpha value is -1.75. The van der Waals surface area contributed by atoms with Gasteiger partial charge in [0.25, 0.3) is 0 Å². The van der Waals surface area contributed by atoms with Gasteiger partial charge in [-0.05, 0) is 43.5 Å². The Morgan fingerprint density at radius 2 is 1.86 bits per heavy atom. The van der Waals surface area contributed by atoms with Crippen LogP contribution in [0, 0.1) is 0 Å². The molecule has 0 saturated heterocycles. The minimum atomic E-state index is -0.159. The van der Waals surface area contributed by atoms with E-state index in [1.807, 2.05) is 24.3 Å². The molecule has 2 rings (SSSR count). The number of methoxy groups -OCH3 is 1. The van der Waals surface area contributed by atoms with E-state index in [-0.39, 0.29) is 11.4 Å². The number of ether oxygens (including phenoxy) is 2. The van der Waals surface area contributed by atoms with Crippen molar-refractivity contribution in [1.29, 1.82) is 0 Å². The second-order valence-electron chi connectivity index (χ2n) is 5.87. The van der Waals surface area contributed by atoms with Crippen LogP contribution >= 0.6 is 0 Å². The van der Waals surface area contributed by atoms with E-state index >= 15 is 0 Å². The summed E-state index contributed by atoms with van der Waals surface area (Å²) in [6.07, 6.45) is 5.46. The van der Waals surface area contributed by atoms with Gasteiger partial charge in [0.05, 0.1) is 19.3 Å². The summed E-state index contributed by atoms with van der Waals surface area (Å²) in [5.74, 6) is 1.66. The van der Waals surface area contributed by atoms with E-state index in [9.17, 15) is 4.79 Å². The van der Waals surface area contributed by atoms with Crippen LogP contribution in [0.1, 0.15) is 38.5 Å². The van der Waals surface area contributed by atoms with Gasteiger partial charge in [0.1, 0.15) is 11.5 Å². The second-order valence-corrected chi connectivity index (χ2v) is 5.87. The molecule has 5 nitrogen and oxygen atoms in total. The normalized spacial score (nSPS) is 16.3. The van der Waals surface area contributed by atoms with Gasteiger partial charge in [-0.3, -0.25) is 4.79 Å². The first-order valence-electron chi connectivity index (χ1n) is 7.95. The third-order valence-corrected chi connectivity index (χ3v) is 4.23. The molecule has 1 aromatic rings. The van der Waals surface area contributed by atoms with Crippen LogP contribution < -0.4 is 20.5 Å². The van der Waals surface area contributed by atoms with Crippen LogP contribution in [-0.4, -0.2) is 31.7 Å². The van der Waals surface area contributed by atoms with Crippen LogP contribution in [0.15, 0.2) is 24.3 Å². The number of rotatable bonds is 8. The van der Waals surface area contributed by atoms with Gasteiger partial charge in [-0.15, -0.1) is 0 Å². The first-order chi connectivity index (χ1) is 10.7. The molecule has 0 unspecified atom stereocenters. The third-order valence-electron chi connectivity index (χ3n) is 4.23. The topological polar surface area (TPSA) is 73.6 Å². The van der Waals surface area contributed by atoms with Crippen LogP contribution in [0.5, 0.6) is 11.5 Å². The van der Waals surface area contributed by atoms with Crippen molar-refractivity contribution in [3.8, 4) is 11.5 Å². The maximum Gasteiger partial charge on any atom is 0.220 e. The summed E-state index contributed by atoms with van der Waals surface area (Å²) in [6.45, 7) is 1.05. The number of nitrogens with one attached hydrogen (secondary N) is 1. The van der Waals surface area contributed by atoms with Gasteiger partial charge in [-0.25, -0.2) is 0 Å². The lowest BCUT2D eigenvalue weighted by Crippen LogP contribution is -2.51. The van der Waals surface area contributed by atoms with Crippen molar-refractivity contribution in [1.82, 2.24) is 5.32 Å². The molecule has 1 saturated carbocycles. The van der Waals surface area contributed by atoms with Gasteiger partial charge < -0.3 is 20.5 Å². The summed E-state index contributed by atoms with van der Waals surface area (Å²) in [7, 11) is 1.63. The largest absolute Gasteiger partial charge is 0.497 e. The minimum absolute atomic E-state index is 0.0747. The lowest BCUT2D eigenvalue weighted by atomic mass is 9.97. The van der Waals surface area contributed by atoms with Crippen molar-refractivity contribution >= 4 is 5.91 Å². The lowest BCUT2D eigenvalue weighted by molar-refractivity contribution is -0.123. The maximum absolute atomic E-state index is 12.0. The van der Waals surface area contributed by atoms with E-state index in [2.05, 4.69) is 5.32 Å². The predicted molar refractivity (Wildman–Crippen MR) is 86.1 cm³/mol. The van der Waals surface area contributed by atoms with Crippen LogP contribution in [0.2, 0.25) is 0 Å². The number of hydrogen-bond donors (Lipinski definition) is 2. The summed E-state index contributed by atoms with van der Waals surface area (Å²) >= 11 is 0. The van der Waals surface area contributed by atoms with E-state index in [1.54, 1.807) is 7.11 Å². The van der Waals surface area contributed by atoms with E-state index in [1.165, 1.54) is 0 Å². The molecule has 22 heavy (non-hydrogen) atoms. The molecule has 0 bridgehead atoms. The van der Waals surface area contributed by atoms with Gasteiger partial charge >= 0.3 is 0 Å². The fourth-order valence-corrected chi connectivity index (χ4v) is 2.88. The van der Waals surface area contributed by atoms with Gasteiger partial charge in [0.2, 0.25) is 5.91 Å². The Morgan fingerprint density at radius 1 is 1.23 bits per heavy atom. The fraction of sp³-hybridized carbons (Fsp3) is 0.588. The molecule has 1 aliphatic rings. The summed E-state index contributed by atoms with van der Waals surface area (Å²) < 4.78 is 10.7. The Kier molecular flexibility index (Phi) is 6.07. The highest BCUT2D eigenvalue weighted by Gasteiger charge is 2.33. The summed E-state index contributed by atoms with van der Waals surface area (Å²) in [5, 5.41) is 3.12. The van der Waals surface area contributed by atoms with Gasteiger partial charge in [0.15, 0.2) is 0 Å². The highest BCUT2D eigenvalue weighted by Crippen LogP contribution is 2.28. The number of nitrogens with two attached hydrogens (primary N) is 1. The Morgan fingerprint density at radius 3 is 2.45 bits per heavy atom. The van der Waals surface area contributed by atoms with E-state index in [4.69, 9.17) is 15.2 Å². The van der Waals surface area contributed by atoms with E-state index in [0.29, 0.717) is 26.0 Å². The number of carbonyl (C=O) groups excluding carboxylic acids is 1. The molecular formula is C17H26N2O3. The van der Waals surface area contributed by atoms with E-state index < -0.39 is 0 Å². The smallest absolute Gasteiger partial charge is 0.220 e. The number of hydrogen-bond acceptors (Lipinski definition) is 4. The molecule has 0 aromatic heterocycles. The zero-order valence-corrected chi connectivity index (χ0v) is 13.3. The van der Waals surface area contributed by atoms with Crippen LogP contribution in [-0.2, 0) is 4.79 Å². The van der Waals surface area contributed by atoms with Crippen LogP contribution in [0.4, 0.5) is 0 Å². The molecule has 0 aliphatic heterocycles. The molecule has 1 aromatic carbocycles. The van der Waals surface area contributed by atoms with Crippen LogP contribution in [0.25, 0.3) is 0 Å². The molecule has 1 aliphatic carbocycles. The van der Waals surface area contributed by atoms with Gasteiger partial charge in [-0.1, -0.05) is 12.8 Å². The summed E-state index contributed by atoms with van der Waals surface area (Å²) in [4.78, 5) is 12.0. The molecule has 122 valence electrons. The first-order valence-corrected chi connectivity index (χ1v) is 7.95. The van der Waals surface area contributed by atoms with Crippen molar-refractivity contribution in [2.24, 2.45) is 5.73 Å². The highest BCUT2D eigenvalue weighted by atomic mass is 16.5. The summed E-state index contributed by atoms with van der Waals surface area (Å²) in [5.41, 5.74) is 5.66. The van der Waals surface area contributed by atoms with Crippen molar-refractivity contribution in [2.45, 2.75) is 44.1 Å². The zero-order valence-electron chi connectivity index (χ0n) is 13.3. The number of carbonyl (C=O) groups is 1. The van der Waals surface area contributed by atoms with Gasteiger partial charge in [-0.2, -0.15) is 0 Å². The monoisotopic (exact) mass is 306 g/mol. The Bertz CT molecular complexity index is 467. The third kappa shape index (κ3) is 4.63. The van der Waals surface area contributed by atoms with E-state index in [0.717, 1.165) is 37.2 Å². The minimum Gasteiger partial charge on any atom is -0.497 e. The fourth-order valence-electron chi connectivity index (χ4n) is 2.88. The highest BCUT2D eigenvalue weighted by molar-refractivity contribution is 5.76. The zero-order chi connectivity index (χ0) is 15.8. The molecule has 5 heteroatoms. The molecule has 3 N–H and O–H groups in total. The molecule has 0 radical (unpaired) electrons. The van der Waals surface area contributed by atoms with Gasteiger partial charge in [0, 0.05) is 13.0 Å². The van der Waals surface area contributed by atoms with Crippen molar-refractivity contribution in [3.05, 3.63) is 24.3 Å². The SMILES string of the molecule is COc1ccc(OCCCC(=O)NC2(CN)CCCC2)cc1. The molecule has 0 atom stereocenters. The second kappa shape index (κ2) is 8.03. The number of benzene rings is 1.